The van der Waals surface area contributed by atoms with Crippen LogP contribution >= 0.6 is 24.8 Å². The highest BCUT2D eigenvalue weighted by atomic mass is 35.5. The fourth-order valence-electron chi connectivity index (χ4n) is 1.22. The van der Waals surface area contributed by atoms with Gasteiger partial charge in [0.2, 0.25) is 0 Å². The van der Waals surface area contributed by atoms with Gasteiger partial charge in [-0.3, -0.25) is 9.48 Å². The average Bonchev–Trinajstić information content (AvgIpc) is 2.48. The maximum Gasteiger partial charge on any atom is 0.322 e. The maximum atomic E-state index is 11.1. The van der Waals surface area contributed by atoms with E-state index in [4.69, 9.17) is 5.73 Å². The van der Waals surface area contributed by atoms with Crippen molar-refractivity contribution < 1.29 is 9.53 Å². The Kier molecular flexibility index (Phi) is 8.24. The summed E-state index contributed by atoms with van der Waals surface area (Å²) in [5.41, 5.74) is 7.62. The summed E-state index contributed by atoms with van der Waals surface area (Å²) in [5.74, 6) is -0.395. The molecule has 0 saturated carbocycles. The van der Waals surface area contributed by atoms with Crippen molar-refractivity contribution in [2.24, 2.45) is 12.8 Å². The summed E-state index contributed by atoms with van der Waals surface area (Å²) in [4.78, 5) is 11.1. The zero-order valence-electron chi connectivity index (χ0n) is 9.47. The van der Waals surface area contributed by atoms with Gasteiger partial charge in [-0.2, -0.15) is 5.10 Å². The predicted octanol–water partition coefficient (Wildman–Crippen LogP) is 0.615. The quantitative estimate of drug-likeness (QED) is 0.817. The lowest BCUT2D eigenvalue weighted by Gasteiger charge is -2.08. The summed E-state index contributed by atoms with van der Waals surface area (Å²) in [7, 11) is 3.18. The Morgan fingerprint density at radius 3 is 2.56 bits per heavy atom. The third-order valence-electron chi connectivity index (χ3n) is 2.28. The number of halogens is 2. The Labute approximate surface area is 107 Å². The predicted molar refractivity (Wildman–Crippen MR) is 66.1 cm³/mol. The van der Waals surface area contributed by atoms with E-state index >= 15 is 0 Å². The minimum atomic E-state index is -0.608. The molecular weight excluding hydrogens is 253 g/mol. The molecule has 1 atom stereocenters. The molecule has 94 valence electrons. The molecule has 0 amide bonds. The number of rotatable bonds is 3. The number of carbonyl (C=O) groups is 1. The van der Waals surface area contributed by atoms with Crippen molar-refractivity contribution in [3.63, 3.8) is 0 Å². The first-order valence-electron chi connectivity index (χ1n) is 4.37. The summed E-state index contributed by atoms with van der Waals surface area (Å²) < 4.78 is 6.29. The Morgan fingerprint density at radius 2 is 2.19 bits per heavy atom. The van der Waals surface area contributed by atoms with Crippen molar-refractivity contribution in [2.45, 2.75) is 19.4 Å². The minimum Gasteiger partial charge on any atom is -0.468 e. The molecule has 1 aromatic rings. The summed E-state index contributed by atoms with van der Waals surface area (Å²) in [6.45, 7) is 1.94. The van der Waals surface area contributed by atoms with Crippen LogP contribution in [0.1, 0.15) is 11.3 Å². The minimum absolute atomic E-state index is 0. The number of ether oxygens (including phenoxy) is 1. The number of hydrogen-bond acceptors (Lipinski definition) is 4. The topological polar surface area (TPSA) is 70.1 Å². The Balaban J connectivity index is 0. The second-order valence-corrected chi connectivity index (χ2v) is 3.21. The normalized spacial score (nSPS) is 11.0. The molecule has 2 N–H and O–H groups in total. The van der Waals surface area contributed by atoms with Crippen molar-refractivity contribution in [3.05, 3.63) is 17.5 Å². The fourth-order valence-corrected chi connectivity index (χ4v) is 1.22. The van der Waals surface area contributed by atoms with E-state index in [1.807, 2.05) is 14.0 Å². The monoisotopic (exact) mass is 269 g/mol. The van der Waals surface area contributed by atoms with E-state index in [0.717, 1.165) is 11.3 Å². The number of hydrogen-bond donors (Lipinski definition) is 1. The van der Waals surface area contributed by atoms with Gasteiger partial charge in [0.25, 0.3) is 0 Å². The molecule has 5 nitrogen and oxygen atoms in total. The molecule has 1 rings (SSSR count). The van der Waals surface area contributed by atoms with Crippen LogP contribution < -0.4 is 5.73 Å². The van der Waals surface area contributed by atoms with Crippen LogP contribution in [0.3, 0.4) is 0 Å². The SMILES string of the molecule is COC(=O)C(N)Cc1cnn(C)c1C.Cl.Cl. The largest absolute Gasteiger partial charge is 0.468 e. The van der Waals surface area contributed by atoms with E-state index in [0.29, 0.717) is 6.42 Å². The molecule has 0 aliphatic rings. The van der Waals surface area contributed by atoms with Crippen molar-refractivity contribution in [1.29, 1.82) is 0 Å². The van der Waals surface area contributed by atoms with E-state index in [1.165, 1.54) is 7.11 Å². The molecule has 0 aliphatic carbocycles. The maximum absolute atomic E-state index is 11.1. The molecule has 0 spiro atoms. The summed E-state index contributed by atoms with van der Waals surface area (Å²) in [5, 5.41) is 4.06. The highest BCUT2D eigenvalue weighted by molar-refractivity contribution is 5.85. The van der Waals surface area contributed by atoms with Crippen LogP contribution in [0.25, 0.3) is 0 Å². The Hall–Kier alpha value is -0.780. The smallest absolute Gasteiger partial charge is 0.322 e. The second kappa shape index (κ2) is 7.49. The van der Waals surface area contributed by atoms with Gasteiger partial charge in [0.05, 0.1) is 13.3 Å². The Bertz CT molecular complexity index is 341. The van der Waals surface area contributed by atoms with Gasteiger partial charge in [-0.15, -0.1) is 24.8 Å². The Morgan fingerprint density at radius 1 is 1.62 bits per heavy atom. The number of aryl methyl sites for hydroxylation is 1. The molecule has 0 fully saturated rings. The van der Waals surface area contributed by atoms with Crippen LogP contribution in [0.5, 0.6) is 0 Å². The van der Waals surface area contributed by atoms with Crippen molar-refractivity contribution in [2.75, 3.05) is 7.11 Å². The first kappa shape index (κ1) is 17.6. The first-order chi connectivity index (χ1) is 6.56. The van der Waals surface area contributed by atoms with E-state index in [2.05, 4.69) is 9.84 Å². The second-order valence-electron chi connectivity index (χ2n) is 3.21. The third-order valence-corrected chi connectivity index (χ3v) is 2.28. The van der Waals surface area contributed by atoms with E-state index in [9.17, 15) is 4.79 Å². The molecule has 1 aromatic heterocycles. The van der Waals surface area contributed by atoms with Crippen molar-refractivity contribution >= 4 is 30.8 Å². The van der Waals surface area contributed by atoms with Crippen LogP contribution in [0.4, 0.5) is 0 Å². The zero-order chi connectivity index (χ0) is 10.7. The van der Waals surface area contributed by atoms with Gasteiger partial charge in [-0.25, -0.2) is 0 Å². The van der Waals surface area contributed by atoms with Crippen molar-refractivity contribution in [3.8, 4) is 0 Å². The summed E-state index contributed by atoms with van der Waals surface area (Å²) in [6.07, 6.45) is 2.18. The van der Waals surface area contributed by atoms with Crippen LogP contribution in [0.2, 0.25) is 0 Å². The van der Waals surface area contributed by atoms with Crippen LogP contribution in [-0.4, -0.2) is 28.9 Å². The molecule has 0 saturated heterocycles. The van der Waals surface area contributed by atoms with E-state index < -0.39 is 12.0 Å². The molecule has 0 aromatic carbocycles. The number of esters is 1. The lowest BCUT2D eigenvalue weighted by molar-refractivity contribution is -0.142. The fraction of sp³-hybridized carbons (Fsp3) is 0.556. The molecule has 0 radical (unpaired) electrons. The average molecular weight is 270 g/mol. The highest BCUT2D eigenvalue weighted by Gasteiger charge is 2.16. The molecule has 0 bridgehead atoms. The van der Waals surface area contributed by atoms with Gasteiger partial charge < -0.3 is 10.5 Å². The van der Waals surface area contributed by atoms with Gasteiger partial charge in [-0.05, 0) is 12.5 Å². The van der Waals surface area contributed by atoms with Gasteiger partial charge in [0, 0.05) is 19.2 Å². The lowest BCUT2D eigenvalue weighted by Crippen LogP contribution is -2.33. The lowest BCUT2D eigenvalue weighted by atomic mass is 10.1. The van der Waals surface area contributed by atoms with Gasteiger partial charge in [0.15, 0.2) is 0 Å². The summed E-state index contributed by atoms with van der Waals surface area (Å²) >= 11 is 0. The summed E-state index contributed by atoms with van der Waals surface area (Å²) in [6, 6.07) is -0.608. The first-order valence-corrected chi connectivity index (χ1v) is 4.37. The number of aromatic nitrogens is 2. The molecule has 0 aliphatic heterocycles. The zero-order valence-corrected chi connectivity index (χ0v) is 11.1. The number of nitrogens with zero attached hydrogens (tertiary/aromatic N) is 2. The van der Waals surface area contributed by atoms with Crippen molar-refractivity contribution in [1.82, 2.24) is 9.78 Å². The molecule has 16 heavy (non-hydrogen) atoms. The molecule has 7 heteroatoms. The van der Waals surface area contributed by atoms with Crippen LogP contribution in [0, 0.1) is 6.92 Å². The van der Waals surface area contributed by atoms with Gasteiger partial charge >= 0.3 is 5.97 Å². The van der Waals surface area contributed by atoms with Gasteiger partial charge in [-0.1, -0.05) is 0 Å². The number of nitrogens with two attached hydrogens (primary N) is 1. The van der Waals surface area contributed by atoms with Crippen LogP contribution in [-0.2, 0) is 23.0 Å². The number of carbonyl (C=O) groups excluding carboxylic acids is 1. The van der Waals surface area contributed by atoms with E-state index in [1.54, 1.807) is 10.9 Å². The highest BCUT2D eigenvalue weighted by Crippen LogP contribution is 2.08. The van der Waals surface area contributed by atoms with Gasteiger partial charge in [0.1, 0.15) is 6.04 Å². The molecule has 1 unspecified atom stereocenters. The number of methoxy groups -OCH3 is 1. The molecule has 1 heterocycles. The molecular formula is C9H17Cl2N3O2. The van der Waals surface area contributed by atoms with Crippen LogP contribution in [0.15, 0.2) is 6.20 Å². The third kappa shape index (κ3) is 4.00. The standard InChI is InChI=1S/C9H15N3O2.2ClH/c1-6-7(5-11-12(6)2)4-8(10)9(13)14-3;;/h5,8H,4,10H2,1-3H3;2*1H. The van der Waals surface area contributed by atoms with E-state index in [-0.39, 0.29) is 24.8 Å².